The van der Waals surface area contributed by atoms with Crippen LogP contribution >= 0.6 is 0 Å². The summed E-state index contributed by atoms with van der Waals surface area (Å²) in [6.07, 6.45) is 1.90. The Bertz CT molecular complexity index is 662. The highest BCUT2D eigenvalue weighted by Gasteiger charge is 2.44. The van der Waals surface area contributed by atoms with Crippen LogP contribution in [0.3, 0.4) is 0 Å². The Balaban J connectivity index is 1.66. The first kappa shape index (κ1) is 13.8. The number of hydrogen-bond donors (Lipinski definition) is 0. The van der Waals surface area contributed by atoms with Crippen molar-refractivity contribution in [1.29, 1.82) is 0 Å². The van der Waals surface area contributed by atoms with Crippen molar-refractivity contribution in [3.63, 3.8) is 0 Å². The second kappa shape index (κ2) is 5.41. The van der Waals surface area contributed by atoms with E-state index in [1.807, 2.05) is 35.2 Å². The molecule has 1 aromatic heterocycles. The summed E-state index contributed by atoms with van der Waals surface area (Å²) < 4.78 is 17.1. The molecule has 5 heteroatoms. The highest BCUT2D eigenvalue weighted by atomic mass is 16.5. The quantitative estimate of drug-likeness (QED) is 0.855. The Kier molecular flexibility index (Phi) is 3.39. The van der Waals surface area contributed by atoms with Gasteiger partial charge in [-0.1, -0.05) is 18.2 Å². The lowest BCUT2D eigenvalue weighted by molar-refractivity contribution is -0.0317. The number of fused-ring (bicyclic) bond motifs is 3. The van der Waals surface area contributed by atoms with Crippen LogP contribution in [0.25, 0.3) is 11.0 Å². The van der Waals surface area contributed by atoms with E-state index in [0.29, 0.717) is 18.9 Å². The van der Waals surface area contributed by atoms with E-state index in [4.69, 9.17) is 13.9 Å². The fraction of sp³-hybridized carbons (Fsp3) is 0.471. The number of carbonyl (C=O) groups excluding carboxylic acids is 1. The van der Waals surface area contributed by atoms with E-state index in [-0.39, 0.29) is 24.2 Å². The van der Waals surface area contributed by atoms with Crippen molar-refractivity contribution in [1.82, 2.24) is 4.90 Å². The molecule has 2 heterocycles. The molecule has 1 aliphatic carbocycles. The molecule has 2 bridgehead atoms. The maximum Gasteiger partial charge on any atom is 0.290 e. The Hall–Kier alpha value is -1.85. The first-order chi connectivity index (χ1) is 10.8. The lowest BCUT2D eigenvalue weighted by atomic mass is 10.1. The number of hydrogen-bond acceptors (Lipinski definition) is 4. The SMILES string of the molecule is CO[C@H]1[C@H]2CC[C@H]1OCCN2C(=O)c1cc2ccccc2o1. The predicted octanol–water partition coefficient (Wildman–Crippen LogP) is 2.45. The molecule has 2 aromatic rings. The molecule has 2 fully saturated rings. The summed E-state index contributed by atoms with van der Waals surface area (Å²) in [6, 6.07) is 9.55. The molecule has 0 radical (unpaired) electrons. The summed E-state index contributed by atoms with van der Waals surface area (Å²) in [5.74, 6) is 0.316. The van der Waals surface area contributed by atoms with Crippen molar-refractivity contribution in [3.05, 3.63) is 36.1 Å². The highest BCUT2D eigenvalue weighted by Crippen LogP contribution is 2.33. The molecule has 3 atom stereocenters. The minimum Gasteiger partial charge on any atom is -0.451 e. The van der Waals surface area contributed by atoms with Crippen LogP contribution in [0.5, 0.6) is 0 Å². The zero-order chi connectivity index (χ0) is 15.1. The predicted molar refractivity (Wildman–Crippen MR) is 80.8 cm³/mol. The minimum atomic E-state index is -0.0746. The summed E-state index contributed by atoms with van der Waals surface area (Å²) in [5, 5.41) is 0.949. The van der Waals surface area contributed by atoms with Gasteiger partial charge in [-0.3, -0.25) is 4.79 Å². The van der Waals surface area contributed by atoms with Crippen molar-refractivity contribution in [2.45, 2.75) is 31.1 Å². The van der Waals surface area contributed by atoms with Gasteiger partial charge in [-0.05, 0) is 25.0 Å². The van der Waals surface area contributed by atoms with Gasteiger partial charge >= 0.3 is 0 Å². The zero-order valence-electron chi connectivity index (χ0n) is 12.5. The first-order valence-electron chi connectivity index (χ1n) is 7.72. The van der Waals surface area contributed by atoms with Gasteiger partial charge in [0.1, 0.15) is 11.7 Å². The number of nitrogens with zero attached hydrogens (tertiary/aromatic N) is 1. The number of rotatable bonds is 2. The average Bonchev–Trinajstić information content (AvgIpc) is 3.07. The van der Waals surface area contributed by atoms with Crippen LogP contribution in [-0.4, -0.2) is 49.3 Å². The summed E-state index contributed by atoms with van der Waals surface area (Å²) in [4.78, 5) is 14.8. The van der Waals surface area contributed by atoms with Crippen molar-refractivity contribution in [3.8, 4) is 0 Å². The first-order valence-corrected chi connectivity index (χ1v) is 7.72. The Morgan fingerprint density at radius 3 is 3.00 bits per heavy atom. The largest absolute Gasteiger partial charge is 0.451 e. The zero-order valence-corrected chi connectivity index (χ0v) is 12.5. The summed E-state index contributed by atoms with van der Waals surface area (Å²) in [5.41, 5.74) is 0.740. The molecule has 1 amide bonds. The number of ether oxygens (including phenoxy) is 2. The third kappa shape index (κ3) is 2.12. The van der Waals surface area contributed by atoms with Gasteiger partial charge in [0.2, 0.25) is 0 Å². The maximum absolute atomic E-state index is 12.9. The number of carbonyl (C=O) groups is 1. The normalized spacial score (nSPS) is 28.0. The fourth-order valence-corrected chi connectivity index (χ4v) is 3.68. The van der Waals surface area contributed by atoms with Crippen LogP contribution in [0.4, 0.5) is 0 Å². The number of methoxy groups -OCH3 is 1. The van der Waals surface area contributed by atoms with Crippen LogP contribution < -0.4 is 0 Å². The molecule has 1 aliphatic heterocycles. The topological polar surface area (TPSA) is 51.9 Å². The molecular formula is C17H19NO4. The average molecular weight is 301 g/mol. The fourth-order valence-electron chi connectivity index (χ4n) is 3.68. The number of furan rings is 1. The van der Waals surface area contributed by atoms with Crippen molar-refractivity contribution in [2.75, 3.05) is 20.3 Å². The van der Waals surface area contributed by atoms with Crippen LogP contribution in [-0.2, 0) is 9.47 Å². The molecule has 4 rings (SSSR count). The Labute approximate surface area is 128 Å². The van der Waals surface area contributed by atoms with Crippen LogP contribution in [0.2, 0.25) is 0 Å². The number of benzene rings is 1. The van der Waals surface area contributed by atoms with Crippen LogP contribution in [0, 0.1) is 0 Å². The maximum atomic E-state index is 12.9. The minimum absolute atomic E-state index is 0.0455. The van der Waals surface area contributed by atoms with Gasteiger partial charge < -0.3 is 18.8 Å². The second-order valence-electron chi connectivity index (χ2n) is 5.90. The lowest BCUT2D eigenvalue weighted by Crippen LogP contribution is -2.46. The van der Waals surface area contributed by atoms with Crippen molar-refractivity contribution >= 4 is 16.9 Å². The standard InChI is InChI=1S/C17H19NO4/c1-20-16-12-6-7-14(16)21-9-8-18(12)17(19)15-10-11-4-2-3-5-13(11)22-15/h2-5,10,12,14,16H,6-9H2,1H3/t12-,14-,16+/m1/s1. The third-order valence-corrected chi connectivity index (χ3v) is 4.73. The van der Waals surface area contributed by atoms with Gasteiger partial charge in [0.25, 0.3) is 5.91 Å². The molecule has 0 unspecified atom stereocenters. The Morgan fingerprint density at radius 1 is 1.32 bits per heavy atom. The second-order valence-corrected chi connectivity index (χ2v) is 5.90. The molecule has 116 valence electrons. The van der Waals surface area contributed by atoms with E-state index in [2.05, 4.69) is 0 Å². The van der Waals surface area contributed by atoms with Gasteiger partial charge in [0.15, 0.2) is 5.76 Å². The molecule has 2 aliphatic rings. The molecule has 0 N–H and O–H groups in total. The van der Waals surface area contributed by atoms with E-state index in [1.54, 1.807) is 7.11 Å². The van der Waals surface area contributed by atoms with E-state index >= 15 is 0 Å². The molecule has 22 heavy (non-hydrogen) atoms. The van der Waals surface area contributed by atoms with Crippen LogP contribution in [0.15, 0.2) is 34.7 Å². The molecule has 0 spiro atoms. The third-order valence-electron chi connectivity index (χ3n) is 4.73. The van der Waals surface area contributed by atoms with Crippen molar-refractivity contribution in [2.24, 2.45) is 0 Å². The van der Waals surface area contributed by atoms with Gasteiger partial charge in [-0.2, -0.15) is 0 Å². The van der Waals surface area contributed by atoms with Gasteiger partial charge in [-0.25, -0.2) is 0 Å². The van der Waals surface area contributed by atoms with E-state index in [1.165, 1.54) is 0 Å². The Morgan fingerprint density at radius 2 is 2.18 bits per heavy atom. The van der Waals surface area contributed by atoms with Crippen molar-refractivity contribution < 1.29 is 18.7 Å². The van der Waals surface area contributed by atoms with Crippen LogP contribution in [0.1, 0.15) is 23.4 Å². The number of para-hydroxylation sites is 1. The smallest absolute Gasteiger partial charge is 0.290 e. The summed E-state index contributed by atoms with van der Waals surface area (Å²) >= 11 is 0. The monoisotopic (exact) mass is 301 g/mol. The van der Waals surface area contributed by atoms with Gasteiger partial charge in [-0.15, -0.1) is 0 Å². The number of amides is 1. The molecule has 1 saturated carbocycles. The molecule has 1 aromatic carbocycles. The lowest BCUT2D eigenvalue weighted by Gasteiger charge is -2.29. The summed E-state index contributed by atoms with van der Waals surface area (Å²) in [6.45, 7) is 1.13. The van der Waals surface area contributed by atoms with E-state index in [0.717, 1.165) is 23.8 Å². The van der Waals surface area contributed by atoms with E-state index in [9.17, 15) is 4.79 Å². The molecular weight excluding hydrogens is 282 g/mol. The molecule has 5 nitrogen and oxygen atoms in total. The van der Waals surface area contributed by atoms with Gasteiger partial charge in [0, 0.05) is 19.0 Å². The highest BCUT2D eigenvalue weighted by molar-refractivity contribution is 5.96. The summed E-state index contributed by atoms with van der Waals surface area (Å²) in [7, 11) is 1.69. The molecule has 1 saturated heterocycles. The van der Waals surface area contributed by atoms with Gasteiger partial charge in [0.05, 0.1) is 18.8 Å². The van der Waals surface area contributed by atoms with E-state index < -0.39 is 0 Å².